The fourth-order valence-corrected chi connectivity index (χ4v) is 2.41. The standard InChI is InChI=1S/C12H25NO2S/c1-5-9-13-11-12(4,6-2)8-10-16(14,15)7-3/h6,13H,2,5,7-11H2,1,3-4H3. The minimum atomic E-state index is -2.87. The zero-order chi connectivity index (χ0) is 12.7. The molecule has 0 saturated carbocycles. The topological polar surface area (TPSA) is 46.2 Å². The van der Waals surface area contributed by atoms with Crippen LogP contribution in [-0.4, -0.2) is 33.0 Å². The Balaban J connectivity index is 4.21. The summed E-state index contributed by atoms with van der Waals surface area (Å²) < 4.78 is 22.9. The Kier molecular flexibility index (Phi) is 6.91. The SMILES string of the molecule is C=CC(C)(CCS(=O)(=O)CC)CNCCC. The fourth-order valence-electron chi connectivity index (χ4n) is 1.35. The summed E-state index contributed by atoms with van der Waals surface area (Å²) in [5.41, 5.74) is -0.128. The number of hydrogen-bond donors (Lipinski definition) is 1. The van der Waals surface area contributed by atoms with Crippen molar-refractivity contribution in [2.24, 2.45) is 5.41 Å². The summed E-state index contributed by atoms with van der Waals surface area (Å²) in [6.07, 6.45) is 3.59. The molecule has 0 heterocycles. The predicted octanol–water partition coefficient (Wildman–Crippen LogP) is 2.00. The molecule has 0 saturated heterocycles. The summed E-state index contributed by atoms with van der Waals surface area (Å²) in [5, 5.41) is 3.31. The Bertz CT molecular complexity index is 298. The minimum Gasteiger partial charge on any atom is -0.316 e. The van der Waals surface area contributed by atoms with Gasteiger partial charge in [0.1, 0.15) is 9.84 Å². The molecular formula is C12H25NO2S. The van der Waals surface area contributed by atoms with Gasteiger partial charge in [0.15, 0.2) is 0 Å². The van der Waals surface area contributed by atoms with Crippen molar-refractivity contribution in [2.75, 3.05) is 24.6 Å². The summed E-state index contributed by atoms with van der Waals surface area (Å²) in [6.45, 7) is 11.4. The molecule has 0 aromatic carbocycles. The van der Waals surface area contributed by atoms with Crippen molar-refractivity contribution in [3.05, 3.63) is 12.7 Å². The molecule has 0 spiro atoms. The lowest BCUT2D eigenvalue weighted by atomic mass is 9.88. The van der Waals surface area contributed by atoms with Gasteiger partial charge in [-0.3, -0.25) is 0 Å². The van der Waals surface area contributed by atoms with E-state index < -0.39 is 9.84 Å². The highest BCUT2D eigenvalue weighted by Crippen LogP contribution is 2.22. The van der Waals surface area contributed by atoms with Crippen molar-refractivity contribution < 1.29 is 8.42 Å². The maximum Gasteiger partial charge on any atom is 0.150 e. The maximum atomic E-state index is 11.4. The number of rotatable bonds is 9. The molecule has 96 valence electrons. The molecule has 0 radical (unpaired) electrons. The van der Waals surface area contributed by atoms with Gasteiger partial charge in [-0.1, -0.05) is 26.8 Å². The van der Waals surface area contributed by atoms with Gasteiger partial charge < -0.3 is 5.32 Å². The number of hydrogen-bond acceptors (Lipinski definition) is 3. The molecule has 0 rings (SSSR count). The van der Waals surface area contributed by atoms with Crippen LogP contribution >= 0.6 is 0 Å². The first kappa shape index (κ1) is 15.7. The van der Waals surface area contributed by atoms with Gasteiger partial charge in [-0.05, 0) is 24.8 Å². The molecule has 0 aliphatic heterocycles. The van der Waals surface area contributed by atoms with Crippen LogP contribution in [0.5, 0.6) is 0 Å². The van der Waals surface area contributed by atoms with Gasteiger partial charge in [-0.25, -0.2) is 8.42 Å². The predicted molar refractivity (Wildman–Crippen MR) is 70.4 cm³/mol. The number of nitrogens with one attached hydrogen (secondary N) is 1. The summed E-state index contributed by atoms with van der Waals surface area (Å²) >= 11 is 0. The third-order valence-electron chi connectivity index (χ3n) is 2.87. The van der Waals surface area contributed by atoms with Crippen LogP contribution in [0, 0.1) is 5.41 Å². The Labute approximate surface area is 100 Å². The molecule has 0 aliphatic rings. The molecule has 0 fully saturated rings. The molecule has 16 heavy (non-hydrogen) atoms. The molecule has 3 nitrogen and oxygen atoms in total. The fraction of sp³-hybridized carbons (Fsp3) is 0.833. The van der Waals surface area contributed by atoms with E-state index in [1.807, 2.05) is 13.0 Å². The van der Waals surface area contributed by atoms with E-state index in [1.54, 1.807) is 6.92 Å². The Morgan fingerprint density at radius 2 is 2.00 bits per heavy atom. The van der Waals surface area contributed by atoms with Gasteiger partial charge in [-0.2, -0.15) is 0 Å². The van der Waals surface area contributed by atoms with Crippen molar-refractivity contribution in [1.29, 1.82) is 0 Å². The van der Waals surface area contributed by atoms with Gasteiger partial charge in [0.25, 0.3) is 0 Å². The largest absolute Gasteiger partial charge is 0.316 e. The maximum absolute atomic E-state index is 11.4. The highest BCUT2D eigenvalue weighted by atomic mass is 32.2. The van der Waals surface area contributed by atoms with Gasteiger partial charge >= 0.3 is 0 Å². The van der Waals surface area contributed by atoms with E-state index in [9.17, 15) is 8.42 Å². The Morgan fingerprint density at radius 3 is 2.44 bits per heavy atom. The second-order valence-corrected chi connectivity index (χ2v) is 6.99. The zero-order valence-corrected chi connectivity index (χ0v) is 11.6. The van der Waals surface area contributed by atoms with Crippen molar-refractivity contribution in [3.63, 3.8) is 0 Å². The molecule has 1 atom stereocenters. The van der Waals surface area contributed by atoms with Crippen molar-refractivity contribution in [3.8, 4) is 0 Å². The van der Waals surface area contributed by atoms with E-state index in [4.69, 9.17) is 0 Å². The molecule has 1 unspecified atom stereocenters. The highest BCUT2D eigenvalue weighted by Gasteiger charge is 2.22. The van der Waals surface area contributed by atoms with Gasteiger partial charge in [0.2, 0.25) is 0 Å². The molecule has 0 bridgehead atoms. The average Bonchev–Trinajstić information content (AvgIpc) is 2.27. The van der Waals surface area contributed by atoms with E-state index in [0.717, 1.165) is 19.5 Å². The average molecular weight is 247 g/mol. The van der Waals surface area contributed by atoms with Crippen LogP contribution in [0.25, 0.3) is 0 Å². The molecule has 0 aromatic rings. The molecular weight excluding hydrogens is 222 g/mol. The monoisotopic (exact) mass is 247 g/mol. The molecule has 4 heteroatoms. The summed E-state index contributed by atoms with van der Waals surface area (Å²) in [4.78, 5) is 0. The summed E-state index contributed by atoms with van der Waals surface area (Å²) in [5.74, 6) is 0.475. The summed E-state index contributed by atoms with van der Waals surface area (Å²) in [7, 11) is -2.87. The van der Waals surface area contributed by atoms with Gasteiger partial charge in [0, 0.05) is 12.3 Å². The van der Waals surface area contributed by atoms with Crippen LogP contribution in [0.4, 0.5) is 0 Å². The normalized spacial score (nSPS) is 15.7. The van der Waals surface area contributed by atoms with Crippen LogP contribution in [0.3, 0.4) is 0 Å². The van der Waals surface area contributed by atoms with Crippen LogP contribution in [-0.2, 0) is 9.84 Å². The lowest BCUT2D eigenvalue weighted by Gasteiger charge is -2.26. The molecule has 0 aromatic heterocycles. The van der Waals surface area contributed by atoms with E-state index in [0.29, 0.717) is 6.42 Å². The van der Waals surface area contributed by atoms with Crippen molar-refractivity contribution in [2.45, 2.75) is 33.6 Å². The highest BCUT2D eigenvalue weighted by molar-refractivity contribution is 7.91. The third-order valence-corrected chi connectivity index (χ3v) is 4.58. The Hall–Kier alpha value is -0.350. The Morgan fingerprint density at radius 1 is 1.38 bits per heavy atom. The lowest BCUT2D eigenvalue weighted by Crippen LogP contribution is -2.32. The van der Waals surface area contributed by atoms with Crippen molar-refractivity contribution >= 4 is 9.84 Å². The van der Waals surface area contributed by atoms with Crippen molar-refractivity contribution in [1.82, 2.24) is 5.32 Å². The lowest BCUT2D eigenvalue weighted by molar-refractivity contribution is 0.381. The minimum absolute atomic E-state index is 0.128. The van der Waals surface area contributed by atoms with Crippen LogP contribution in [0.1, 0.15) is 33.6 Å². The van der Waals surface area contributed by atoms with Gasteiger partial charge in [0.05, 0.1) is 5.75 Å². The van der Waals surface area contributed by atoms with Crippen LogP contribution < -0.4 is 5.32 Å². The van der Waals surface area contributed by atoms with Crippen LogP contribution in [0.15, 0.2) is 12.7 Å². The summed E-state index contributed by atoms with van der Waals surface area (Å²) in [6, 6.07) is 0. The smallest absolute Gasteiger partial charge is 0.150 e. The van der Waals surface area contributed by atoms with Crippen LogP contribution in [0.2, 0.25) is 0 Å². The first-order valence-electron chi connectivity index (χ1n) is 5.94. The first-order chi connectivity index (χ1) is 7.39. The first-order valence-corrected chi connectivity index (χ1v) is 7.76. The zero-order valence-electron chi connectivity index (χ0n) is 10.8. The quantitative estimate of drug-likeness (QED) is 0.501. The van der Waals surface area contributed by atoms with E-state index in [1.165, 1.54) is 0 Å². The van der Waals surface area contributed by atoms with E-state index in [-0.39, 0.29) is 16.9 Å². The van der Waals surface area contributed by atoms with E-state index in [2.05, 4.69) is 18.8 Å². The number of sulfone groups is 1. The van der Waals surface area contributed by atoms with Gasteiger partial charge in [-0.15, -0.1) is 6.58 Å². The second-order valence-electron chi connectivity index (χ2n) is 4.52. The second kappa shape index (κ2) is 7.07. The molecule has 0 amide bonds. The molecule has 1 N–H and O–H groups in total. The van der Waals surface area contributed by atoms with E-state index >= 15 is 0 Å². The molecule has 0 aliphatic carbocycles. The third kappa shape index (κ3) is 6.28.